The molecule has 2 N–H and O–H groups in total. The highest BCUT2D eigenvalue weighted by Gasteiger charge is 2.69. The molecule has 0 unspecified atom stereocenters. The van der Waals surface area contributed by atoms with Gasteiger partial charge in [-0.2, -0.15) is 0 Å². The SMILES string of the molecule is O=C(O)CN1C(=O)[C@@H]2[C@H]3C[C@@H]([C@@H]4Sc5[nH]c(=O)sc5[C@@H](c5cccc([N+](=O)[O-])c5)[C@@H]34)[C@H]2C1=O. The summed E-state index contributed by atoms with van der Waals surface area (Å²) >= 11 is 2.59. The molecule has 6 rings (SSSR count). The molecule has 2 amide bonds. The molecule has 0 spiro atoms. The zero-order valence-corrected chi connectivity index (χ0v) is 18.5. The van der Waals surface area contributed by atoms with Gasteiger partial charge in [-0.15, -0.1) is 11.8 Å². The van der Waals surface area contributed by atoms with Crippen LogP contribution in [0.4, 0.5) is 5.69 Å². The number of non-ortho nitro benzene ring substituents is 1. The Morgan fingerprint density at radius 2 is 1.94 bits per heavy atom. The van der Waals surface area contributed by atoms with Crippen molar-refractivity contribution in [2.24, 2.45) is 29.6 Å². The van der Waals surface area contributed by atoms with Gasteiger partial charge >= 0.3 is 10.8 Å². The van der Waals surface area contributed by atoms with E-state index < -0.39 is 41.1 Å². The second kappa shape index (κ2) is 7.00. The number of hydrogen-bond acceptors (Lipinski definition) is 8. The lowest BCUT2D eigenvalue weighted by atomic mass is 9.68. The fourth-order valence-corrected chi connectivity index (χ4v) is 9.46. The van der Waals surface area contributed by atoms with Crippen molar-refractivity contribution < 1.29 is 24.4 Å². The number of nitrogens with one attached hydrogen (secondary N) is 1. The predicted octanol–water partition coefficient (Wildman–Crippen LogP) is 1.90. The number of H-pyrrole nitrogens is 1. The first-order valence-electron chi connectivity index (χ1n) is 10.5. The van der Waals surface area contributed by atoms with E-state index in [1.54, 1.807) is 12.1 Å². The van der Waals surface area contributed by atoms with Gasteiger partial charge in [-0.05, 0) is 29.7 Å². The zero-order chi connectivity index (χ0) is 23.2. The van der Waals surface area contributed by atoms with Crippen molar-refractivity contribution in [1.82, 2.24) is 9.88 Å². The van der Waals surface area contributed by atoms with Gasteiger partial charge in [0, 0.05) is 28.2 Å². The lowest BCUT2D eigenvalue weighted by Crippen LogP contribution is -2.42. The Labute approximate surface area is 194 Å². The number of thiazole rings is 1. The minimum Gasteiger partial charge on any atom is -0.480 e. The van der Waals surface area contributed by atoms with Crippen molar-refractivity contribution in [3.8, 4) is 0 Å². The minimum absolute atomic E-state index is 0.0486. The van der Waals surface area contributed by atoms with Crippen LogP contribution in [0.15, 0.2) is 34.1 Å². The normalized spacial score (nSPS) is 33.7. The Balaban J connectivity index is 1.46. The largest absolute Gasteiger partial charge is 0.480 e. The fourth-order valence-electron chi connectivity index (χ4n) is 6.57. The quantitative estimate of drug-likeness (QED) is 0.377. The van der Waals surface area contributed by atoms with E-state index in [2.05, 4.69) is 4.98 Å². The summed E-state index contributed by atoms with van der Waals surface area (Å²) in [6, 6.07) is 6.36. The average Bonchev–Trinajstić information content (AvgIpc) is 3.49. The maximum atomic E-state index is 13.1. The number of amides is 2. The van der Waals surface area contributed by atoms with Crippen molar-refractivity contribution in [3.05, 3.63) is 54.5 Å². The standard InChI is InChI=1S/C21H17N3O7S2/c25-11(26)6-23-19(27)14-9-5-10(15(14)20(23)28)16-13(9)12(17-18(32-16)22-21(29)33-17)7-2-1-3-8(4-7)24(30)31/h1-4,9-10,12-16H,5-6H2,(H,22,29)(H,25,26)/t9-,10+,12-,13+,14+,15+,16-/m0/s1. The van der Waals surface area contributed by atoms with Crippen LogP contribution in [0.5, 0.6) is 0 Å². The molecular weight excluding hydrogens is 470 g/mol. The molecule has 1 aromatic carbocycles. The Kier molecular flexibility index (Phi) is 4.37. The number of benzene rings is 1. The third-order valence-electron chi connectivity index (χ3n) is 7.55. The van der Waals surface area contributed by atoms with Gasteiger partial charge in [0.05, 0.1) is 21.8 Å². The number of fused-ring (bicyclic) bond motifs is 9. The van der Waals surface area contributed by atoms with Crippen molar-refractivity contribution in [1.29, 1.82) is 0 Å². The summed E-state index contributed by atoms with van der Waals surface area (Å²) in [6.45, 7) is -0.637. The number of imide groups is 1. The Bertz CT molecular complexity index is 1300. The summed E-state index contributed by atoms with van der Waals surface area (Å²) in [5, 5.41) is 21.2. The van der Waals surface area contributed by atoms with Crippen LogP contribution in [-0.4, -0.2) is 49.5 Å². The highest BCUT2D eigenvalue weighted by atomic mass is 32.2. The van der Waals surface area contributed by atoms with E-state index in [1.165, 1.54) is 23.9 Å². The molecule has 33 heavy (non-hydrogen) atoms. The van der Waals surface area contributed by atoms with E-state index in [0.717, 1.165) is 21.1 Å². The molecule has 2 bridgehead atoms. The smallest absolute Gasteiger partial charge is 0.323 e. The molecule has 10 nitrogen and oxygen atoms in total. The summed E-state index contributed by atoms with van der Waals surface area (Å²) in [6.07, 6.45) is 0.667. The lowest BCUT2D eigenvalue weighted by Gasteiger charge is -2.43. The van der Waals surface area contributed by atoms with Crippen LogP contribution in [-0.2, 0) is 14.4 Å². The first-order chi connectivity index (χ1) is 15.8. The predicted molar refractivity (Wildman–Crippen MR) is 116 cm³/mol. The van der Waals surface area contributed by atoms with Crippen LogP contribution in [0.3, 0.4) is 0 Å². The molecule has 170 valence electrons. The number of nitro benzene ring substituents is 1. The third-order valence-corrected chi connectivity index (χ3v) is 10.1. The molecule has 2 aliphatic carbocycles. The number of carboxylic acid groups (broad SMARTS) is 1. The van der Waals surface area contributed by atoms with Crippen molar-refractivity contribution in [2.75, 3.05) is 6.54 Å². The Morgan fingerprint density at radius 1 is 1.21 bits per heavy atom. The van der Waals surface area contributed by atoms with Crippen LogP contribution >= 0.6 is 23.1 Å². The Morgan fingerprint density at radius 3 is 2.64 bits per heavy atom. The number of likely N-dealkylation sites (tertiary alicyclic amines) is 1. The van der Waals surface area contributed by atoms with Crippen LogP contribution < -0.4 is 4.87 Å². The van der Waals surface area contributed by atoms with Gasteiger partial charge in [0.25, 0.3) is 5.69 Å². The van der Waals surface area contributed by atoms with E-state index in [1.807, 2.05) is 0 Å². The van der Waals surface area contributed by atoms with Gasteiger partial charge in [-0.25, -0.2) is 0 Å². The minimum atomic E-state index is -1.23. The number of aromatic nitrogens is 1. The molecular formula is C21H17N3O7S2. The average molecular weight is 488 g/mol. The molecule has 7 atom stereocenters. The third kappa shape index (κ3) is 2.80. The van der Waals surface area contributed by atoms with Crippen LogP contribution in [0.25, 0.3) is 0 Å². The van der Waals surface area contributed by atoms with Crippen molar-refractivity contribution in [3.63, 3.8) is 0 Å². The van der Waals surface area contributed by atoms with Crippen LogP contribution in [0.2, 0.25) is 0 Å². The molecule has 3 heterocycles. The number of aliphatic carboxylic acids is 1. The summed E-state index contributed by atoms with van der Waals surface area (Å²) in [5.74, 6) is -3.92. The monoisotopic (exact) mass is 487 g/mol. The van der Waals surface area contributed by atoms with Gasteiger partial charge in [0.15, 0.2) is 0 Å². The van der Waals surface area contributed by atoms with E-state index in [9.17, 15) is 29.3 Å². The van der Waals surface area contributed by atoms with Gasteiger partial charge in [0.2, 0.25) is 11.8 Å². The van der Waals surface area contributed by atoms with Gasteiger partial charge in [0.1, 0.15) is 6.54 Å². The molecule has 3 fully saturated rings. The van der Waals surface area contributed by atoms with E-state index >= 15 is 0 Å². The van der Waals surface area contributed by atoms with Gasteiger partial charge in [-0.1, -0.05) is 23.5 Å². The first-order valence-corrected chi connectivity index (χ1v) is 12.2. The highest BCUT2D eigenvalue weighted by molar-refractivity contribution is 8.00. The topological polar surface area (TPSA) is 151 Å². The summed E-state index contributed by atoms with van der Waals surface area (Å²) in [5.41, 5.74) is 0.659. The van der Waals surface area contributed by atoms with E-state index in [0.29, 0.717) is 17.0 Å². The molecule has 1 saturated heterocycles. The maximum absolute atomic E-state index is 13.1. The number of rotatable bonds is 4. The number of carboxylic acids is 1. The summed E-state index contributed by atoms with van der Waals surface area (Å²) < 4.78 is 0. The van der Waals surface area contributed by atoms with E-state index in [-0.39, 0.29) is 39.5 Å². The fraction of sp³-hybridized carbons (Fsp3) is 0.429. The summed E-state index contributed by atoms with van der Waals surface area (Å²) in [4.78, 5) is 64.9. The molecule has 2 saturated carbocycles. The van der Waals surface area contributed by atoms with E-state index in [4.69, 9.17) is 5.11 Å². The van der Waals surface area contributed by atoms with Crippen molar-refractivity contribution >= 4 is 46.6 Å². The number of carbonyl (C=O) groups excluding carboxylic acids is 2. The molecule has 4 aliphatic rings. The lowest BCUT2D eigenvalue weighted by molar-refractivity contribution is -0.384. The molecule has 1 aromatic heterocycles. The second-order valence-electron chi connectivity index (χ2n) is 8.97. The van der Waals surface area contributed by atoms with Crippen molar-refractivity contribution in [2.45, 2.75) is 22.6 Å². The number of nitro groups is 1. The highest BCUT2D eigenvalue weighted by Crippen LogP contribution is 2.68. The number of nitrogens with zero attached hydrogens (tertiary/aromatic N) is 2. The zero-order valence-electron chi connectivity index (χ0n) is 16.9. The van der Waals surface area contributed by atoms with Gasteiger partial charge in [-0.3, -0.25) is 34.2 Å². The Hall–Kier alpha value is -2.99. The number of aromatic amines is 1. The number of hydrogen-bond donors (Lipinski definition) is 2. The number of thioether (sulfide) groups is 1. The number of carbonyl (C=O) groups is 3. The first kappa shape index (κ1) is 20.6. The van der Waals surface area contributed by atoms with Crippen LogP contribution in [0, 0.1) is 39.7 Å². The summed E-state index contributed by atoms with van der Waals surface area (Å²) in [7, 11) is 0. The second-order valence-corrected chi connectivity index (χ2v) is 11.2. The van der Waals surface area contributed by atoms with Gasteiger partial charge < -0.3 is 10.1 Å². The molecule has 2 aromatic rings. The molecule has 2 aliphatic heterocycles. The maximum Gasteiger partial charge on any atom is 0.323 e. The van der Waals surface area contributed by atoms with Crippen LogP contribution in [0.1, 0.15) is 22.8 Å². The molecule has 12 heteroatoms. The molecule has 0 radical (unpaired) electrons.